The van der Waals surface area contributed by atoms with E-state index in [2.05, 4.69) is 15.2 Å². The first-order valence-electron chi connectivity index (χ1n) is 7.71. The molecule has 0 saturated carbocycles. The summed E-state index contributed by atoms with van der Waals surface area (Å²) < 4.78 is 1.10. The minimum atomic E-state index is -0.0504. The van der Waals surface area contributed by atoms with Crippen molar-refractivity contribution in [2.75, 3.05) is 32.8 Å². The molecule has 1 amide bonds. The number of thiazole rings is 1. The van der Waals surface area contributed by atoms with Crippen LogP contribution < -0.4 is 5.32 Å². The molecule has 1 fully saturated rings. The van der Waals surface area contributed by atoms with Crippen LogP contribution in [-0.4, -0.2) is 53.7 Å². The number of benzene rings is 1. The van der Waals surface area contributed by atoms with Gasteiger partial charge in [-0.25, -0.2) is 4.98 Å². The molecule has 0 radical (unpaired) electrons. The topological polar surface area (TPSA) is 65.5 Å². The molecule has 2 aromatic rings. The third kappa shape index (κ3) is 3.63. The summed E-state index contributed by atoms with van der Waals surface area (Å²) in [5.41, 5.74) is 3.32. The molecule has 0 bridgehead atoms. The summed E-state index contributed by atoms with van der Waals surface area (Å²) >= 11 is 1.58. The zero-order valence-electron chi connectivity index (χ0n) is 12.5. The van der Waals surface area contributed by atoms with Crippen LogP contribution in [0.15, 0.2) is 23.7 Å². The van der Waals surface area contributed by atoms with Crippen molar-refractivity contribution in [3.05, 3.63) is 29.3 Å². The molecule has 1 atom stereocenters. The molecule has 2 heterocycles. The van der Waals surface area contributed by atoms with E-state index in [1.165, 1.54) is 0 Å². The Balaban J connectivity index is 1.49. The molecule has 22 heavy (non-hydrogen) atoms. The molecule has 6 heteroatoms. The summed E-state index contributed by atoms with van der Waals surface area (Å²) in [5, 5.41) is 12.2. The van der Waals surface area contributed by atoms with Crippen LogP contribution in [-0.2, 0) is 0 Å². The Labute approximate surface area is 134 Å². The largest absolute Gasteiger partial charge is 0.396 e. The molecular weight excluding hydrogens is 298 g/mol. The highest BCUT2D eigenvalue weighted by Crippen LogP contribution is 2.19. The van der Waals surface area contributed by atoms with Gasteiger partial charge < -0.3 is 15.3 Å². The lowest BCUT2D eigenvalue weighted by Crippen LogP contribution is -2.41. The number of hydrogen-bond acceptors (Lipinski definition) is 5. The molecule has 1 saturated heterocycles. The fourth-order valence-corrected chi connectivity index (χ4v) is 3.59. The van der Waals surface area contributed by atoms with Gasteiger partial charge in [0.05, 0.1) is 15.7 Å². The highest BCUT2D eigenvalue weighted by atomic mass is 32.1. The van der Waals surface area contributed by atoms with Gasteiger partial charge in [0.1, 0.15) is 0 Å². The number of nitrogens with zero attached hydrogens (tertiary/aromatic N) is 2. The zero-order valence-corrected chi connectivity index (χ0v) is 13.3. The number of likely N-dealkylation sites (tertiary alicyclic amines) is 1. The van der Waals surface area contributed by atoms with E-state index >= 15 is 0 Å². The maximum absolute atomic E-state index is 12.2. The number of piperidine rings is 1. The van der Waals surface area contributed by atoms with E-state index < -0.39 is 0 Å². The van der Waals surface area contributed by atoms with Crippen molar-refractivity contribution in [2.24, 2.45) is 5.92 Å². The zero-order chi connectivity index (χ0) is 15.4. The van der Waals surface area contributed by atoms with Crippen LogP contribution in [0.5, 0.6) is 0 Å². The van der Waals surface area contributed by atoms with Crippen molar-refractivity contribution in [1.82, 2.24) is 15.2 Å². The summed E-state index contributed by atoms with van der Waals surface area (Å²) in [6, 6.07) is 5.63. The molecular formula is C16H21N3O2S. The van der Waals surface area contributed by atoms with Crippen molar-refractivity contribution in [3.63, 3.8) is 0 Å². The van der Waals surface area contributed by atoms with Gasteiger partial charge in [-0.2, -0.15) is 0 Å². The van der Waals surface area contributed by atoms with Crippen LogP contribution in [0.25, 0.3) is 10.2 Å². The van der Waals surface area contributed by atoms with Gasteiger partial charge in [-0.3, -0.25) is 4.79 Å². The molecule has 1 aliphatic heterocycles. The predicted molar refractivity (Wildman–Crippen MR) is 88.2 cm³/mol. The van der Waals surface area contributed by atoms with Crippen LogP contribution in [0.2, 0.25) is 0 Å². The molecule has 1 aliphatic rings. The number of hydrogen-bond donors (Lipinski definition) is 2. The Morgan fingerprint density at radius 2 is 2.41 bits per heavy atom. The Morgan fingerprint density at radius 1 is 1.50 bits per heavy atom. The number of nitrogens with one attached hydrogen (secondary N) is 1. The van der Waals surface area contributed by atoms with Crippen LogP contribution in [0.3, 0.4) is 0 Å². The van der Waals surface area contributed by atoms with Crippen molar-refractivity contribution in [2.45, 2.75) is 12.8 Å². The molecule has 0 unspecified atom stereocenters. The van der Waals surface area contributed by atoms with Gasteiger partial charge >= 0.3 is 0 Å². The van der Waals surface area contributed by atoms with Crippen LogP contribution in [0, 0.1) is 5.92 Å². The first-order chi connectivity index (χ1) is 10.8. The summed E-state index contributed by atoms with van der Waals surface area (Å²) in [6.07, 6.45) is 2.23. The second kappa shape index (κ2) is 7.17. The molecule has 3 rings (SSSR count). The van der Waals surface area contributed by atoms with E-state index in [0.717, 1.165) is 42.7 Å². The number of aliphatic hydroxyl groups excluding tert-OH is 1. The minimum Gasteiger partial charge on any atom is -0.396 e. The fourth-order valence-electron chi connectivity index (χ4n) is 2.93. The number of carbonyl (C=O) groups excluding carboxylic acids is 1. The van der Waals surface area contributed by atoms with E-state index in [-0.39, 0.29) is 12.5 Å². The van der Waals surface area contributed by atoms with E-state index in [1.807, 2.05) is 18.2 Å². The maximum atomic E-state index is 12.2. The number of fused-ring (bicyclic) bond motifs is 1. The summed E-state index contributed by atoms with van der Waals surface area (Å²) in [7, 11) is 0. The summed E-state index contributed by atoms with van der Waals surface area (Å²) in [4.78, 5) is 18.7. The molecule has 118 valence electrons. The smallest absolute Gasteiger partial charge is 0.251 e. The predicted octanol–water partition coefficient (Wildman–Crippen LogP) is 1.73. The monoisotopic (exact) mass is 319 g/mol. The Bertz CT molecular complexity index is 643. The van der Waals surface area contributed by atoms with Gasteiger partial charge in [0.2, 0.25) is 0 Å². The second-order valence-electron chi connectivity index (χ2n) is 5.78. The van der Waals surface area contributed by atoms with Gasteiger partial charge in [0.25, 0.3) is 5.91 Å². The van der Waals surface area contributed by atoms with Gasteiger partial charge in [0, 0.05) is 31.8 Å². The quantitative estimate of drug-likeness (QED) is 0.881. The average Bonchev–Trinajstić information content (AvgIpc) is 3.02. The Kier molecular flexibility index (Phi) is 5.02. The number of aromatic nitrogens is 1. The van der Waals surface area contributed by atoms with Gasteiger partial charge in [0.15, 0.2) is 0 Å². The van der Waals surface area contributed by atoms with Gasteiger partial charge in [-0.15, -0.1) is 11.3 Å². The third-order valence-corrected chi connectivity index (χ3v) is 4.98. The van der Waals surface area contributed by atoms with Gasteiger partial charge in [-0.1, -0.05) is 0 Å². The Hall–Kier alpha value is -1.50. The Morgan fingerprint density at radius 3 is 3.27 bits per heavy atom. The summed E-state index contributed by atoms with van der Waals surface area (Å²) in [6.45, 7) is 3.71. The molecule has 5 nitrogen and oxygen atoms in total. The molecule has 1 aromatic carbocycles. The standard InChI is InChI=1S/C16H21N3O2S/c20-10-12-2-1-6-19(9-12)7-5-17-16(21)13-3-4-15-14(8-13)18-11-22-15/h3-4,8,11-12,20H,1-2,5-7,9-10H2,(H,17,21)/t12-/m0/s1. The first-order valence-corrected chi connectivity index (χ1v) is 8.59. The highest BCUT2D eigenvalue weighted by Gasteiger charge is 2.18. The molecule has 0 spiro atoms. The van der Waals surface area contributed by atoms with E-state index in [0.29, 0.717) is 18.0 Å². The lowest BCUT2D eigenvalue weighted by molar-refractivity contribution is 0.0931. The molecule has 0 aliphatic carbocycles. The van der Waals surface area contributed by atoms with Crippen molar-refractivity contribution in [1.29, 1.82) is 0 Å². The fraction of sp³-hybridized carbons (Fsp3) is 0.500. The number of aliphatic hydroxyl groups is 1. The van der Waals surface area contributed by atoms with E-state index in [9.17, 15) is 9.90 Å². The average molecular weight is 319 g/mol. The third-order valence-electron chi connectivity index (χ3n) is 4.17. The second-order valence-corrected chi connectivity index (χ2v) is 6.67. The maximum Gasteiger partial charge on any atom is 0.251 e. The van der Waals surface area contributed by atoms with Gasteiger partial charge in [-0.05, 0) is 43.5 Å². The molecule has 2 N–H and O–H groups in total. The normalized spacial score (nSPS) is 19.4. The van der Waals surface area contributed by atoms with Crippen LogP contribution in [0.1, 0.15) is 23.2 Å². The van der Waals surface area contributed by atoms with Crippen LogP contribution in [0.4, 0.5) is 0 Å². The van der Waals surface area contributed by atoms with Crippen molar-refractivity contribution >= 4 is 27.5 Å². The summed E-state index contributed by atoms with van der Waals surface area (Å²) in [5.74, 6) is 0.335. The lowest BCUT2D eigenvalue weighted by Gasteiger charge is -2.31. The first kappa shape index (κ1) is 15.4. The number of amides is 1. The van der Waals surface area contributed by atoms with Crippen molar-refractivity contribution in [3.8, 4) is 0 Å². The minimum absolute atomic E-state index is 0.0504. The SMILES string of the molecule is O=C(NCCN1CCC[C@H](CO)C1)c1ccc2scnc2c1. The van der Waals surface area contributed by atoms with E-state index in [1.54, 1.807) is 16.8 Å². The lowest BCUT2D eigenvalue weighted by atomic mass is 9.99. The molecule has 1 aromatic heterocycles. The van der Waals surface area contributed by atoms with E-state index in [4.69, 9.17) is 0 Å². The van der Waals surface area contributed by atoms with Crippen molar-refractivity contribution < 1.29 is 9.90 Å². The van der Waals surface area contributed by atoms with Crippen LogP contribution >= 0.6 is 11.3 Å². The highest BCUT2D eigenvalue weighted by molar-refractivity contribution is 7.16. The number of rotatable bonds is 5. The number of carbonyl (C=O) groups is 1.